The van der Waals surface area contributed by atoms with Crippen molar-refractivity contribution in [2.45, 2.75) is 18.8 Å². The summed E-state index contributed by atoms with van der Waals surface area (Å²) in [5.74, 6) is 0.307. The smallest absolute Gasteiger partial charge is 0.279 e. The molecule has 0 aliphatic rings. The molecule has 0 unspecified atom stereocenters. The fraction of sp³-hybridized carbons (Fsp3) is 0.222. The highest BCUT2D eigenvalue weighted by molar-refractivity contribution is 5.92. The lowest BCUT2D eigenvalue weighted by atomic mass is 9.93. The van der Waals surface area contributed by atoms with Crippen LogP contribution in [-0.2, 0) is 0 Å². The number of hydrogen-bond acceptors (Lipinski definition) is 3. The highest BCUT2D eigenvalue weighted by atomic mass is 19.3. The standard InChI is InChI=1S/C18H17F2N3O2/c19-17(20)14-11-15(23-22-14)18(24)21-9-8-13(16-7-4-10-25-16)12-5-2-1-3-6-12/h1-7,10-11,13,17H,8-9H2,(H,21,24)(H,22,23)/t13-/m0/s1. The zero-order valence-electron chi connectivity index (χ0n) is 13.3. The van der Waals surface area contributed by atoms with E-state index in [4.69, 9.17) is 4.42 Å². The predicted octanol–water partition coefficient (Wildman–Crippen LogP) is 3.89. The third-order valence-corrected chi connectivity index (χ3v) is 3.87. The van der Waals surface area contributed by atoms with Gasteiger partial charge in [-0.05, 0) is 30.2 Å². The molecule has 2 heterocycles. The van der Waals surface area contributed by atoms with Crippen LogP contribution >= 0.6 is 0 Å². The molecule has 1 amide bonds. The van der Waals surface area contributed by atoms with Gasteiger partial charge in [0, 0.05) is 12.5 Å². The van der Waals surface area contributed by atoms with Crippen LogP contribution in [0, 0.1) is 0 Å². The van der Waals surface area contributed by atoms with Crippen LogP contribution in [0.3, 0.4) is 0 Å². The summed E-state index contributed by atoms with van der Waals surface area (Å²) in [6.07, 6.45) is -0.468. The number of benzene rings is 1. The minimum atomic E-state index is -2.68. The lowest BCUT2D eigenvalue weighted by molar-refractivity contribution is 0.0947. The van der Waals surface area contributed by atoms with Crippen molar-refractivity contribution in [3.8, 4) is 0 Å². The second kappa shape index (κ2) is 7.74. The number of furan rings is 1. The summed E-state index contributed by atoms with van der Waals surface area (Å²) in [6, 6.07) is 14.6. The third kappa shape index (κ3) is 4.12. The SMILES string of the molecule is O=C(NCC[C@@H](c1ccccc1)c1ccco1)c1cc(C(F)F)[nH]n1. The zero-order valence-corrected chi connectivity index (χ0v) is 13.3. The average molecular weight is 345 g/mol. The summed E-state index contributed by atoms with van der Waals surface area (Å²) in [5.41, 5.74) is 0.652. The van der Waals surface area contributed by atoms with Crippen LogP contribution in [0.4, 0.5) is 8.78 Å². The molecule has 0 saturated heterocycles. The minimum absolute atomic E-state index is 0.00712. The lowest BCUT2D eigenvalue weighted by Crippen LogP contribution is -2.26. The average Bonchev–Trinajstić information content (AvgIpc) is 3.31. The lowest BCUT2D eigenvalue weighted by Gasteiger charge is -2.15. The number of aromatic nitrogens is 2. The molecule has 0 spiro atoms. The van der Waals surface area contributed by atoms with E-state index < -0.39 is 12.3 Å². The number of nitrogens with zero attached hydrogens (tertiary/aromatic N) is 1. The number of hydrogen-bond donors (Lipinski definition) is 2. The van der Waals surface area contributed by atoms with Crippen molar-refractivity contribution in [1.29, 1.82) is 0 Å². The van der Waals surface area contributed by atoms with Crippen LogP contribution in [0.2, 0.25) is 0 Å². The monoisotopic (exact) mass is 345 g/mol. The fourth-order valence-corrected chi connectivity index (χ4v) is 2.63. The quantitative estimate of drug-likeness (QED) is 0.682. The van der Waals surface area contributed by atoms with Crippen LogP contribution in [0.25, 0.3) is 0 Å². The Bertz CT molecular complexity index is 801. The van der Waals surface area contributed by atoms with Crippen molar-refractivity contribution in [3.05, 3.63) is 77.5 Å². The van der Waals surface area contributed by atoms with Crippen LogP contribution in [0.5, 0.6) is 0 Å². The van der Waals surface area contributed by atoms with Gasteiger partial charge in [-0.2, -0.15) is 5.10 Å². The molecule has 7 heteroatoms. The molecule has 0 fully saturated rings. The van der Waals surface area contributed by atoms with Gasteiger partial charge in [0.15, 0.2) is 0 Å². The molecule has 3 rings (SSSR count). The number of halogens is 2. The highest BCUT2D eigenvalue weighted by Gasteiger charge is 2.19. The number of alkyl halides is 2. The van der Waals surface area contributed by atoms with Crippen molar-refractivity contribution < 1.29 is 18.0 Å². The van der Waals surface area contributed by atoms with Gasteiger partial charge in [0.05, 0.1) is 6.26 Å². The van der Waals surface area contributed by atoms with Gasteiger partial charge in [-0.25, -0.2) is 8.78 Å². The van der Waals surface area contributed by atoms with Crippen LogP contribution in [0.15, 0.2) is 59.2 Å². The van der Waals surface area contributed by atoms with E-state index in [9.17, 15) is 13.6 Å². The maximum Gasteiger partial charge on any atom is 0.279 e. The van der Waals surface area contributed by atoms with Crippen LogP contribution in [0.1, 0.15) is 46.3 Å². The van der Waals surface area contributed by atoms with E-state index in [1.54, 1.807) is 6.26 Å². The molecule has 1 aromatic carbocycles. The molecule has 2 aromatic heterocycles. The Morgan fingerprint density at radius 3 is 2.64 bits per heavy atom. The third-order valence-electron chi connectivity index (χ3n) is 3.87. The number of nitrogens with one attached hydrogen (secondary N) is 2. The second-order valence-corrected chi connectivity index (χ2v) is 5.53. The first-order chi connectivity index (χ1) is 12.1. The number of aromatic amines is 1. The van der Waals surface area contributed by atoms with Crippen molar-refractivity contribution >= 4 is 5.91 Å². The fourth-order valence-electron chi connectivity index (χ4n) is 2.63. The molecule has 1 atom stereocenters. The maximum atomic E-state index is 12.5. The first-order valence-electron chi connectivity index (χ1n) is 7.85. The van der Waals surface area contributed by atoms with E-state index in [0.29, 0.717) is 13.0 Å². The van der Waals surface area contributed by atoms with Gasteiger partial charge in [-0.15, -0.1) is 0 Å². The molecule has 0 bridgehead atoms. The molecule has 0 aliphatic heterocycles. The van der Waals surface area contributed by atoms with Crippen LogP contribution in [-0.4, -0.2) is 22.6 Å². The van der Waals surface area contributed by atoms with E-state index in [0.717, 1.165) is 17.4 Å². The van der Waals surface area contributed by atoms with Gasteiger partial charge >= 0.3 is 0 Å². The van der Waals surface area contributed by atoms with Crippen LogP contribution < -0.4 is 5.32 Å². The minimum Gasteiger partial charge on any atom is -0.469 e. The highest BCUT2D eigenvalue weighted by Crippen LogP contribution is 2.27. The van der Waals surface area contributed by atoms with Gasteiger partial charge in [0.1, 0.15) is 17.1 Å². The molecular formula is C18H17F2N3O2. The summed E-state index contributed by atoms with van der Waals surface area (Å²) in [4.78, 5) is 12.0. The zero-order chi connectivity index (χ0) is 17.6. The number of H-pyrrole nitrogens is 1. The van der Waals surface area contributed by atoms with E-state index in [1.807, 2.05) is 42.5 Å². The number of rotatable bonds is 7. The Kier molecular flexibility index (Phi) is 5.23. The Balaban J connectivity index is 1.62. The predicted molar refractivity (Wildman–Crippen MR) is 87.5 cm³/mol. The van der Waals surface area contributed by atoms with E-state index in [2.05, 4.69) is 15.5 Å². The summed E-state index contributed by atoms with van der Waals surface area (Å²) in [7, 11) is 0. The number of carbonyl (C=O) groups is 1. The van der Waals surface area contributed by atoms with E-state index in [1.165, 1.54) is 0 Å². The Hall–Kier alpha value is -2.96. The van der Waals surface area contributed by atoms with Crippen molar-refractivity contribution in [3.63, 3.8) is 0 Å². The second-order valence-electron chi connectivity index (χ2n) is 5.53. The Morgan fingerprint density at radius 2 is 2.00 bits per heavy atom. The van der Waals surface area contributed by atoms with Crippen molar-refractivity contribution in [2.24, 2.45) is 0 Å². The Labute approximate surface area is 143 Å². The van der Waals surface area contributed by atoms with Gasteiger partial charge in [-0.3, -0.25) is 9.89 Å². The number of carbonyl (C=O) groups excluding carboxylic acids is 1. The normalized spacial score (nSPS) is 12.3. The van der Waals surface area contributed by atoms with Gasteiger partial charge in [-0.1, -0.05) is 30.3 Å². The van der Waals surface area contributed by atoms with Crippen molar-refractivity contribution in [1.82, 2.24) is 15.5 Å². The molecule has 5 nitrogen and oxygen atoms in total. The molecule has 0 radical (unpaired) electrons. The molecule has 25 heavy (non-hydrogen) atoms. The summed E-state index contributed by atoms with van der Waals surface area (Å²) >= 11 is 0. The first-order valence-corrected chi connectivity index (χ1v) is 7.85. The molecule has 2 N–H and O–H groups in total. The molecule has 130 valence electrons. The van der Waals surface area contributed by atoms with Gasteiger partial charge < -0.3 is 9.73 Å². The number of amides is 1. The summed E-state index contributed by atoms with van der Waals surface area (Å²) in [6.45, 7) is 0.357. The molecule has 0 saturated carbocycles. The Morgan fingerprint density at radius 1 is 1.20 bits per heavy atom. The van der Waals surface area contributed by atoms with E-state index in [-0.39, 0.29) is 17.3 Å². The van der Waals surface area contributed by atoms with Crippen molar-refractivity contribution in [2.75, 3.05) is 6.54 Å². The maximum absolute atomic E-state index is 12.5. The molecule has 3 aromatic rings. The first kappa shape index (κ1) is 16.9. The van der Waals surface area contributed by atoms with E-state index >= 15 is 0 Å². The summed E-state index contributed by atoms with van der Waals surface area (Å²) in [5, 5.41) is 8.47. The molecular weight excluding hydrogens is 328 g/mol. The summed E-state index contributed by atoms with van der Waals surface area (Å²) < 4.78 is 30.6. The van der Waals surface area contributed by atoms with Gasteiger partial charge in [0.2, 0.25) is 0 Å². The topological polar surface area (TPSA) is 70.9 Å². The van der Waals surface area contributed by atoms with Gasteiger partial charge in [0.25, 0.3) is 12.3 Å². The molecule has 0 aliphatic carbocycles. The largest absolute Gasteiger partial charge is 0.469 e.